The lowest BCUT2D eigenvalue weighted by molar-refractivity contribution is 0.344. The van der Waals surface area contributed by atoms with Gasteiger partial charge in [-0.05, 0) is 41.3 Å². The maximum Gasteiger partial charge on any atom is 0.127 e. The fraction of sp³-hybridized carbons (Fsp3) is 0.125. The molecule has 1 nitrogen and oxygen atoms in total. The molecule has 0 fully saturated rings. The quantitative estimate of drug-likeness (QED) is 0.584. The molecule has 0 heterocycles. The number of rotatable bonds is 2. The smallest absolute Gasteiger partial charge is 0.127 e. The van der Waals surface area contributed by atoms with Gasteiger partial charge in [-0.15, -0.1) is 0 Å². The Hall–Kier alpha value is -2.02. The summed E-state index contributed by atoms with van der Waals surface area (Å²) < 4.78 is 5.67. The van der Waals surface area contributed by atoms with E-state index in [0.29, 0.717) is 6.61 Å². The summed E-state index contributed by atoms with van der Waals surface area (Å²) in [6.45, 7) is 2.71. The lowest BCUT2D eigenvalue weighted by Gasteiger charge is -2.08. The standard InChI is InChI=1S/C16H14O/c1-2-17-16-9-5-8-14-10-12-6-3-4-7-13(12)11-15(14)16/h3-11H,2H2,1H3. The van der Waals surface area contributed by atoms with Crippen LogP contribution in [0.2, 0.25) is 0 Å². The zero-order valence-corrected chi connectivity index (χ0v) is 9.81. The molecule has 1 heteroatoms. The summed E-state index contributed by atoms with van der Waals surface area (Å²) in [4.78, 5) is 0. The molecule has 0 atom stereocenters. The Morgan fingerprint density at radius 3 is 2.29 bits per heavy atom. The highest BCUT2D eigenvalue weighted by atomic mass is 16.5. The van der Waals surface area contributed by atoms with E-state index in [-0.39, 0.29) is 0 Å². The highest BCUT2D eigenvalue weighted by Gasteiger charge is 2.02. The molecule has 0 spiro atoms. The van der Waals surface area contributed by atoms with Crippen LogP contribution in [0.4, 0.5) is 0 Å². The first kappa shape index (κ1) is 10.2. The van der Waals surface area contributed by atoms with E-state index in [9.17, 15) is 0 Å². The van der Waals surface area contributed by atoms with Crippen molar-refractivity contribution in [2.24, 2.45) is 0 Å². The molecular weight excluding hydrogens is 208 g/mol. The van der Waals surface area contributed by atoms with E-state index < -0.39 is 0 Å². The van der Waals surface area contributed by atoms with Crippen molar-refractivity contribution in [2.45, 2.75) is 6.92 Å². The summed E-state index contributed by atoms with van der Waals surface area (Å²) >= 11 is 0. The third kappa shape index (κ3) is 1.74. The summed E-state index contributed by atoms with van der Waals surface area (Å²) in [7, 11) is 0. The molecule has 17 heavy (non-hydrogen) atoms. The predicted octanol–water partition coefficient (Wildman–Crippen LogP) is 4.39. The van der Waals surface area contributed by atoms with Gasteiger partial charge in [0.1, 0.15) is 5.75 Å². The van der Waals surface area contributed by atoms with Gasteiger partial charge in [0, 0.05) is 5.39 Å². The largest absolute Gasteiger partial charge is 0.493 e. The van der Waals surface area contributed by atoms with Crippen molar-refractivity contribution in [3.05, 3.63) is 54.6 Å². The third-order valence-corrected chi connectivity index (χ3v) is 3.01. The topological polar surface area (TPSA) is 9.23 Å². The first-order valence-electron chi connectivity index (χ1n) is 5.93. The maximum atomic E-state index is 5.67. The van der Waals surface area contributed by atoms with Gasteiger partial charge in [0.25, 0.3) is 0 Å². The summed E-state index contributed by atoms with van der Waals surface area (Å²) in [6.07, 6.45) is 0. The molecule has 0 aliphatic carbocycles. The normalized spacial score (nSPS) is 10.9. The Bertz CT molecular complexity index is 670. The van der Waals surface area contributed by atoms with Crippen molar-refractivity contribution in [1.82, 2.24) is 0 Å². The van der Waals surface area contributed by atoms with E-state index in [2.05, 4.69) is 42.5 Å². The highest BCUT2D eigenvalue weighted by Crippen LogP contribution is 2.29. The molecule has 0 saturated heterocycles. The summed E-state index contributed by atoms with van der Waals surface area (Å²) in [5.41, 5.74) is 0. The second-order valence-electron chi connectivity index (χ2n) is 4.11. The van der Waals surface area contributed by atoms with E-state index in [1.54, 1.807) is 0 Å². The number of hydrogen-bond acceptors (Lipinski definition) is 1. The molecule has 0 amide bonds. The number of fused-ring (bicyclic) bond motifs is 2. The van der Waals surface area contributed by atoms with Gasteiger partial charge in [0.15, 0.2) is 0 Å². The minimum atomic E-state index is 0.700. The fourth-order valence-corrected chi connectivity index (χ4v) is 2.22. The first-order chi connectivity index (χ1) is 8.38. The predicted molar refractivity (Wildman–Crippen MR) is 72.6 cm³/mol. The van der Waals surface area contributed by atoms with Crippen LogP contribution in [0, 0.1) is 0 Å². The van der Waals surface area contributed by atoms with E-state index in [0.717, 1.165) is 5.75 Å². The van der Waals surface area contributed by atoms with Gasteiger partial charge in [-0.1, -0.05) is 36.4 Å². The molecule has 0 aliphatic rings. The molecule has 3 aromatic rings. The Labute approximate surface area is 101 Å². The van der Waals surface area contributed by atoms with E-state index in [1.165, 1.54) is 21.5 Å². The molecule has 0 bridgehead atoms. The van der Waals surface area contributed by atoms with Gasteiger partial charge in [-0.25, -0.2) is 0 Å². The van der Waals surface area contributed by atoms with Crippen LogP contribution in [0.5, 0.6) is 5.75 Å². The fourth-order valence-electron chi connectivity index (χ4n) is 2.22. The Kier molecular flexibility index (Phi) is 2.45. The van der Waals surface area contributed by atoms with Gasteiger partial charge in [0.05, 0.1) is 6.61 Å². The Morgan fingerprint density at radius 2 is 1.53 bits per heavy atom. The van der Waals surface area contributed by atoms with Crippen molar-refractivity contribution >= 4 is 21.5 Å². The zero-order valence-electron chi connectivity index (χ0n) is 9.81. The monoisotopic (exact) mass is 222 g/mol. The molecule has 3 rings (SSSR count). The summed E-state index contributed by atoms with van der Waals surface area (Å²) in [5, 5.41) is 4.95. The molecule has 0 aromatic heterocycles. The van der Waals surface area contributed by atoms with Crippen LogP contribution >= 0.6 is 0 Å². The molecule has 0 unspecified atom stereocenters. The Morgan fingerprint density at radius 1 is 0.824 bits per heavy atom. The van der Waals surface area contributed by atoms with E-state index in [4.69, 9.17) is 4.74 Å². The van der Waals surface area contributed by atoms with Crippen molar-refractivity contribution in [1.29, 1.82) is 0 Å². The number of benzene rings is 3. The van der Waals surface area contributed by atoms with E-state index in [1.807, 2.05) is 19.1 Å². The lowest BCUT2D eigenvalue weighted by atomic mass is 10.0. The molecule has 0 radical (unpaired) electrons. The van der Waals surface area contributed by atoms with Crippen molar-refractivity contribution in [2.75, 3.05) is 6.61 Å². The van der Waals surface area contributed by atoms with Gasteiger partial charge >= 0.3 is 0 Å². The second-order valence-corrected chi connectivity index (χ2v) is 4.11. The van der Waals surface area contributed by atoms with Crippen LogP contribution in [0.25, 0.3) is 21.5 Å². The van der Waals surface area contributed by atoms with Crippen molar-refractivity contribution < 1.29 is 4.74 Å². The van der Waals surface area contributed by atoms with Gasteiger partial charge in [-0.2, -0.15) is 0 Å². The Balaban J connectivity index is 2.35. The van der Waals surface area contributed by atoms with Gasteiger partial charge < -0.3 is 4.74 Å². The molecule has 0 saturated carbocycles. The first-order valence-corrected chi connectivity index (χ1v) is 5.93. The van der Waals surface area contributed by atoms with Crippen LogP contribution < -0.4 is 4.74 Å². The summed E-state index contributed by atoms with van der Waals surface area (Å²) in [5.74, 6) is 0.968. The average Bonchev–Trinajstić information content (AvgIpc) is 2.37. The summed E-state index contributed by atoms with van der Waals surface area (Å²) in [6, 6.07) is 19.0. The molecular formula is C16H14O. The molecule has 0 N–H and O–H groups in total. The highest BCUT2D eigenvalue weighted by molar-refractivity contribution is 6.00. The number of ether oxygens (including phenoxy) is 1. The SMILES string of the molecule is CCOc1cccc2cc3ccccc3cc12. The van der Waals surface area contributed by atoms with Crippen LogP contribution in [0.3, 0.4) is 0 Å². The minimum absolute atomic E-state index is 0.700. The van der Waals surface area contributed by atoms with Crippen molar-refractivity contribution in [3.8, 4) is 5.75 Å². The zero-order chi connectivity index (χ0) is 11.7. The second kappa shape index (κ2) is 4.10. The molecule has 0 aliphatic heterocycles. The van der Waals surface area contributed by atoms with Crippen LogP contribution in [0.1, 0.15) is 6.92 Å². The lowest BCUT2D eigenvalue weighted by Crippen LogP contribution is -1.92. The van der Waals surface area contributed by atoms with E-state index >= 15 is 0 Å². The van der Waals surface area contributed by atoms with Gasteiger partial charge in [0.2, 0.25) is 0 Å². The van der Waals surface area contributed by atoms with Crippen molar-refractivity contribution in [3.63, 3.8) is 0 Å². The minimum Gasteiger partial charge on any atom is -0.493 e. The average molecular weight is 222 g/mol. The molecule has 84 valence electrons. The van der Waals surface area contributed by atoms with Gasteiger partial charge in [-0.3, -0.25) is 0 Å². The van der Waals surface area contributed by atoms with Crippen LogP contribution in [-0.2, 0) is 0 Å². The number of hydrogen-bond donors (Lipinski definition) is 0. The maximum absolute atomic E-state index is 5.67. The van der Waals surface area contributed by atoms with Crippen LogP contribution in [-0.4, -0.2) is 6.61 Å². The molecule has 3 aromatic carbocycles. The van der Waals surface area contributed by atoms with Crippen LogP contribution in [0.15, 0.2) is 54.6 Å². The third-order valence-electron chi connectivity index (χ3n) is 3.01.